The number of aryl methyl sites for hydroxylation is 1. The van der Waals surface area contributed by atoms with Crippen molar-refractivity contribution in [3.63, 3.8) is 0 Å². The van der Waals surface area contributed by atoms with Crippen molar-refractivity contribution >= 4 is 17.1 Å². The fourth-order valence-electron chi connectivity index (χ4n) is 0.998. The molecular weight excluding hydrogens is 162 g/mol. The Hall–Kier alpha value is -1.09. The molecule has 0 unspecified atom stereocenters. The molecule has 0 fully saturated rings. The molecule has 2 rings (SSSR count). The summed E-state index contributed by atoms with van der Waals surface area (Å²) in [4.78, 5) is 4.08. The third-order valence-electron chi connectivity index (χ3n) is 1.47. The molecule has 0 N–H and O–H groups in total. The number of nitrogens with zero attached hydrogens (tertiary/aromatic N) is 3. The largest absolute Gasteiger partial charge is 0.238 e. The second-order valence-electron chi connectivity index (χ2n) is 2.33. The van der Waals surface area contributed by atoms with Gasteiger partial charge in [0.1, 0.15) is 5.52 Å². The average molecular weight is 168 g/mol. The fourth-order valence-corrected chi connectivity index (χ4v) is 1.28. The second-order valence-corrected chi connectivity index (χ2v) is 2.69. The molecule has 2 aromatic heterocycles. The number of fused-ring (bicyclic) bond motifs is 1. The molecule has 0 aliphatic rings. The Morgan fingerprint density at radius 3 is 3.18 bits per heavy atom. The molecule has 56 valence electrons. The van der Waals surface area contributed by atoms with Crippen LogP contribution in [0, 0.1) is 6.92 Å². The van der Waals surface area contributed by atoms with Gasteiger partial charge in [0.2, 0.25) is 0 Å². The molecule has 0 aliphatic heterocycles. The summed E-state index contributed by atoms with van der Waals surface area (Å²) in [5, 5.41) is 4.53. The summed E-state index contributed by atoms with van der Waals surface area (Å²) in [5.74, 6) is 0. The van der Waals surface area contributed by atoms with Crippen molar-refractivity contribution < 1.29 is 0 Å². The number of rotatable bonds is 0. The molecule has 0 saturated carbocycles. The Labute approximate surface area is 68.6 Å². The molecular formula is C7H6ClN3. The van der Waals surface area contributed by atoms with Crippen LogP contribution in [0.3, 0.4) is 0 Å². The lowest BCUT2D eigenvalue weighted by molar-refractivity contribution is 0.928. The monoisotopic (exact) mass is 167 g/mol. The van der Waals surface area contributed by atoms with E-state index < -0.39 is 0 Å². The van der Waals surface area contributed by atoms with E-state index in [-0.39, 0.29) is 0 Å². The average Bonchev–Trinajstić information content (AvgIpc) is 2.34. The summed E-state index contributed by atoms with van der Waals surface area (Å²) < 4.78 is 1.71. The Morgan fingerprint density at radius 1 is 1.55 bits per heavy atom. The van der Waals surface area contributed by atoms with Gasteiger partial charge in [0, 0.05) is 0 Å². The summed E-state index contributed by atoms with van der Waals surface area (Å²) in [6.45, 7) is 1.88. The minimum absolute atomic E-state index is 0.502. The van der Waals surface area contributed by atoms with Crippen LogP contribution in [-0.4, -0.2) is 14.6 Å². The maximum atomic E-state index is 5.83. The van der Waals surface area contributed by atoms with Crippen LogP contribution in [0.25, 0.3) is 5.52 Å². The number of aromatic nitrogens is 3. The van der Waals surface area contributed by atoms with Gasteiger partial charge in [0.15, 0.2) is 5.15 Å². The first-order valence-electron chi connectivity index (χ1n) is 3.24. The Balaban J connectivity index is 2.91. The molecule has 2 aromatic rings. The molecule has 11 heavy (non-hydrogen) atoms. The zero-order valence-corrected chi connectivity index (χ0v) is 6.71. The van der Waals surface area contributed by atoms with Crippen molar-refractivity contribution in [2.24, 2.45) is 0 Å². The van der Waals surface area contributed by atoms with E-state index in [2.05, 4.69) is 10.1 Å². The third kappa shape index (κ3) is 0.973. The smallest absolute Gasteiger partial charge is 0.155 e. The Bertz CT molecular complexity index is 393. The van der Waals surface area contributed by atoms with Gasteiger partial charge >= 0.3 is 0 Å². The highest BCUT2D eigenvalue weighted by atomic mass is 35.5. The first-order chi connectivity index (χ1) is 5.27. The molecule has 0 radical (unpaired) electrons. The fraction of sp³-hybridized carbons (Fsp3) is 0.143. The van der Waals surface area contributed by atoms with Crippen molar-refractivity contribution in [2.75, 3.05) is 0 Å². The van der Waals surface area contributed by atoms with Gasteiger partial charge in [-0.3, -0.25) is 0 Å². The van der Waals surface area contributed by atoms with Crippen LogP contribution in [0.2, 0.25) is 5.15 Å². The minimum atomic E-state index is 0.502. The van der Waals surface area contributed by atoms with Crippen LogP contribution in [0.5, 0.6) is 0 Å². The third-order valence-corrected chi connectivity index (χ3v) is 1.74. The van der Waals surface area contributed by atoms with Crippen LogP contribution in [0.4, 0.5) is 0 Å². The van der Waals surface area contributed by atoms with E-state index in [1.165, 1.54) is 0 Å². The van der Waals surface area contributed by atoms with Gasteiger partial charge in [0.25, 0.3) is 0 Å². The molecule has 3 nitrogen and oxygen atoms in total. The predicted molar refractivity (Wildman–Crippen MR) is 42.7 cm³/mol. The Kier molecular flexibility index (Phi) is 1.32. The summed E-state index contributed by atoms with van der Waals surface area (Å²) in [6, 6.07) is 1.83. The van der Waals surface area contributed by atoms with E-state index in [1.807, 2.05) is 19.2 Å². The molecule has 0 atom stereocenters. The molecule has 4 heteroatoms. The van der Waals surface area contributed by atoms with Gasteiger partial charge in [-0.15, -0.1) is 0 Å². The maximum Gasteiger partial charge on any atom is 0.155 e. The molecule has 2 heterocycles. The summed E-state index contributed by atoms with van der Waals surface area (Å²) in [7, 11) is 0. The molecule has 0 saturated heterocycles. The predicted octanol–water partition coefficient (Wildman–Crippen LogP) is 1.69. The number of halogens is 1. The van der Waals surface area contributed by atoms with E-state index in [0.717, 1.165) is 11.2 Å². The normalized spacial score (nSPS) is 10.7. The topological polar surface area (TPSA) is 30.2 Å². The molecule has 0 aliphatic carbocycles. The van der Waals surface area contributed by atoms with Crippen molar-refractivity contribution in [2.45, 2.75) is 6.92 Å². The Morgan fingerprint density at radius 2 is 2.36 bits per heavy atom. The highest BCUT2D eigenvalue weighted by molar-refractivity contribution is 6.32. The summed E-state index contributed by atoms with van der Waals surface area (Å²) in [6.07, 6.45) is 3.53. The van der Waals surface area contributed by atoms with Crippen LogP contribution in [-0.2, 0) is 0 Å². The molecule has 0 amide bonds. The SMILES string of the molecule is Cc1cn2nccc2c(Cl)n1. The van der Waals surface area contributed by atoms with Crippen molar-refractivity contribution in [1.29, 1.82) is 0 Å². The van der Waals surface area contributed by atoms with Crippen LogP contribution < -0.4 is 0 Å². The zero-order chi connectivity index (χ0) is 7.84. The van der Waals surface area contributed by atoms with Crippen LogP contribution in [0.15, 0.2) is 18.5 Å². The van der Waals surface area contributed by atoms with Crippen molar-refractivity contribution in [3.8, 4) is 0 Å². The minimum Gasteiger partial charge on any atom is -0.238 e. The van der Waals surface area contributed by atoms with Gasteiger partial charge in [-0.25, -0.2) is 9.50 Å². The van der Waals surface area contributed by atoms with Gasteiger partial charge in [-0.2, -0.15) is 5.10 Å². The summed E-state index contributed by atoms with van der Waals surface area (Å²) >= 11 is 5.83. The number of hydrogen-bond acceptors (Lipinski definition) is 2. The standard InChI is InChI=1S/C7H6ClN3/c1-5-4-11-6(2-3-9-11)7(8)10-5/h2-4H,1H3. The first-order valence-corrected chi connectivity index (χ1v) is 3.61. The molecule has 0 aromatic carbocycles. The second kappa shape index (κ2) is 2.20. The van der Waals surface area contributed by atoms with Gasteiger partial charge < -0.3 is 0 Å². The lowest BCUT2D eigenvalue weighted by Crippen LogP contribution is -1.91. The van der Waals surface area contributed by atoms with Crippen molar-refractivity contribution in [3.05, 3.63) is 29.3 Å². The first kappa shape index (κ1) is 6.61. The van der Waals surface area contributed by atoms with E-state index in [0.29, 0.717) is 5.15 Å². The van der Waals surface area contributed by atoms with E-state index >= 15 is 0 Å². The highest BCUT2D eigenvalue weighted by Crippen LogP contribution is 2.13. The van der Waals surface area contributed by atoms with Gasteiger partial charge in [-0.05, 0) is 13.0 Å². The van der Waals surface area contributed by atoms with Gasteiger partial charge in [0.05, 0.1) is 18.1 Å². The number of hydrogen-bond donors (Lipinski definition) is 0. The van der Waals surface area contributed by atoms with Crippen LogP contribution in [0.1, 0.15) is 5.69 Å². The zero-order valence-electron chi connectivity index (χ0n) is 5.95. The lowest BCUT2D eigenvalue weighted by Gasteiger charge is -1.96. The van der Waals surface area contributed by atoms with Crippen molar-refractivity contribution in [1.82, 2.24) is 14.6 Å². The highest BCUT2D eigenvalue weighted by Gasteiger charge is 2.00. The quantitative estimate of drug-likeness (QED) is 0.598. The maximum absolute atomic E-state index is 5.83. The summed E-state index contributed by atoms with van der Waals surface area (Å²) in [5.41, 5.74) is 1.71. The van der Waals surface area contributed by atoms with E-state index in [1.54, 1.807) is 10.7 Å². The molecule has 0 bridgehead atoms. The lowest BCUT2D eigenvalue weighted by atomic mass is 10.5. The molecule has 0 spiro atoms. The van der Waals surface area contributed by atoms with E-state index in [9.17, 15) is 0 Å². The van der Waals surface area contributed by atoms with E-state index in [4.69, 9.17) is 11.6 Å². The van der Waals surface area contributed by atoms with Gasteiger partial charge in [-0.1, -0.05) is 11.6 Å². The van der Waals surface area contributed by atoms with Crippen LogP contribution >= 0.6 is 11.6 Å².